The topological polar surface area (TPSA) is 29.5 Å². The standard InChI is InChI=1S/C13H12Br2O2S/c1-17-9-4-2-3-8(5-9)6-11(16)12-7-10(14)13(15)18-12/h2-5,7,11,16H,6H2,1H3. The number of thiophene rings is 1. The average molecular weight is 392 g/mol. The van der Waals surface area contributed by atoms with Crippen molar-refractivity contribution in [3.8, 4) is 5.75 Å². The zero-order valence-corrected chi connectivity index (χ0v) is 13.7. The summed E-state index contributed by atoms with van der Waals surface area (Å²) >= 11 is 8.40. The number of rotatable bonds is 4. The Labute approximate surface area is 127 Å². The molecule has 1 N–H and O–H groups in total. The molecule has 1 aromatic heterocycles. The summed E-state index contributed by atoms with van der Waals surface area (Å²) in [6.45, 7) is 0. The molecule has 0 aliphatic rings. The maximum Gasteiger partial charge on any atom is 0.119 e. The van der Waals surface area contributed by atoms with Crippen LogP contribution in [0.4, 0.5) is 0 Å². The van der Waals surface area contributed by atoms with E-state index in [1.807, 2.05) is 30.3 Å². The Morgan fingerprint density at radius 3 is 2.72 bits per heavy atom. The third-order valence-electron chi connectivity index (χ3n) is 2.56. The van der Waals surface area contributed by atoms with Crippen LogP contribution < -0.4 is 4.74 Å². The molecule has 1 unspecified atom stereocenters. The van der Waals surface area contributed by atoms with Crippen molar-refractivity contribution in [3.63, 3.8) is 0 Å². The molecule has 2 aromatic rings. The highest BCUT2D eigenvalue weighted by Gasteiger charge is 2.14. The van der Waals surface area contributed by atoms with Crippen molar-refractivity contribution in [2.24, 2.45) is 0 Å². The van der Waals surface area contributed by atoms with Gasteiger partial charge in [-0.05, 0) is 55.6 Å². The van der Waals surface area contributed by atoms with Crippen LogP contribution in [0, 0.1) is 0 Å². The molecule has 0 aliphatic heterocycles. The van der Waals surface area contributed by atoms with Crippen molar-refractivity contribution in [1.82, 2.24) is 0 Å². The van der Waals surface area contributed by atoms with Crippen LogP contribution in [0.3, 0.4) is 0 Å². The molecular weight excluding hydrogens is 380 g/mol. The number of methoxy groups -OCH3 is 1. The van der Waals surface area contributed by atoms with Gasteiger partial charge >= 0.3 is 0 Å². The molecule has 0 saturated heterocycles. The van der Waals surface area contributed by atoms with E-state index in [9.17, 15) is 5.11 Å². The molecule has 2 rings (SSSR count). The van der Waals surface area contributed by atoms with Crippen molar-refractivity contribution in [2.75, 3.05) is 7.11 Å². The van der Waals surface area contributed by atoms with E-state index in [-0.39, 0.29) is 0 Å². The zero-order valence-electron chi connectivity index (χ0n) is 9.69. The number of aliphatic hydroxyl groups excluding tert-OH is 1. The third-order valence-corrected chi connectivity index (χ3v) is 5.91. The van der Waals surface area contributed by atoms with Crippen molar-refractivity contribution < 1.29 is 9.84 Å². The average Bonchev–Trinajstić information content (AvgIpc) is 2.70. The number of halogens is 2. The van der Waals surface area contributed by atoms with Gasteiger partial charge in [0.2, 0.25) is 0 Å². The van der Waals surface area contributed by atoms with Gasteiger partial charge in [-0.3, -0.25) is 0 Å². The Balaban J connectivity index is 2.13. The van der Waals surface area contributed by atoms with Gasteiger partial charge in [0, 0.05) is 15.8 Å². The molecule has 0 spiro atoms. The number of aliphatic hydroxyl groups is 1. The van der Waals surface area contributed by atoms with Gasteiger partial charge in [-0.1, -0.05) is 12.1 Å². The summed E-state index contributed by atoms with van der Waals surface area (Å²) in [6, 6.07) is 9.71. The molecule has 1 aromatic carbocycles. The lowest BCUT2D eigenvalue weighted by molar-refractivity contribution is 0.182. The van der Waals surface area contributed by atoms with Crippen LogP contribution in [0.25, 0.3) is 0 Å². The second kappa shape index (κ2) is 6.19. The molecule has 0 radical (unpaired) electrons. The van der Waals surface area contributed by atoms with Crippen LogP contribution in [-0.2, 0) is 6.42 Å². The van der Waals surface area contributed by atoms with Gasteiger partial charge in [-0.15, -0.1) is 11.3 Å². The molecule has 5 heteroatoms. The van der Waals surface area contributed by atoms with Crippen molar-refractivity contribution >= 4 is 43.2 Å². The van der Waals surface area contributed by atoms with Gasteiger partial charge < -0.3 is 9.84 Å². The summed E-state index contributed by atoms with van der Waals surface area (Å²) in [4.78, 5) is 0.941. The van der Waals surface area contributed by atoms with E-state index < -0.39 is 6.10 Å². The molecule has 0 bridgehead atoms. The summed E-state index contributed by atoms with van der Waals surface area (Å²) < 4.78 is 7.15. The van der Waals surface area contributed by atoms with E-state index in [0.29, 0.717) is 6.42 Å². The normalized spacial score (nSPS) is 12.4. The smallest absolute Gasteiger partial charge is 0.119 e. The molecule has 1 atom stereocenters. The minimum absolute atomic E-state index is 0.496. The maximum absolute atomic E-state index is 10.2. The molecule has 1 heterocycles. The lowest BCUT2D eigenvalue weighted by Crippen LogP contribution is -1.99. The van der Waals surface area contributed by atoms with Crippen molar-refractivity contribution in [1.29, 1.82) is 0 Å². The first kappa shape index (κ1) is 14.1. The highest BCUT2D eigenvalue weighted by Crippen LogP contribution is 2.36. The quantitative estimate of drug-likeness (QED) is 0.827. The Bertz CT molecular complexity index is 520. The maximum atomic E-state index is 10.2. The van der Waals surface area contributed by atoms with Crippen LogP contribution in [0.2, 0.25) is 0 Å². The SMILES string of the molecule is COc1cccc(CC(O)c2cc(Br)c(Br)s2)c1. The highest BCUT2D eigenvalue weighted by molar-refractivity contribution is 9.13. The fraction of sp³-hybridized carbons (Fsp3) is 0.231. The molecule has 2 nitrogen and oxygen atoms in total. The molecule has 18 heavy (non-hydrogen) atoms. The Morgan fingerprint density at radius 2 is 2.11 bits per heavy atom. The molecular formula is C13H12Br2O2S. The first-order valence-electron chi connectivity index (χ1n) is 5.36. The van der Waals surface area contributed by atoms with Crippen molar-refractivity contribution in [2.45, 2.75) is 12.5 Å². The van der Waals surface area contributed by atoms with Crippen LogP contribution in [0.15, 0.2) is 38.6 Å². The summed E-state index contributed by atoms with van der Waals surface area (Å²) in [5, 5.41) is 10.2. The number of benzene rings is 1. The van der Waals surface area contributed by atoms with Crippen LogP contribution >= 0.6 is 43.2 Å². The van der Waals surface area contributed by atoms with Gasteiger partial charge in [-0.2, -0.15) is 0 Å². The van der Waals surface area contributed by atoms with Gasteiger partial charge in [0.1, 0.15) is 5.75 Å². The monoisotopic (exact) mass is 390 g/mol. The largest absolute Gasteiger partial charge is 0.497 e. The number of hydrogen-bond donors (Lipinski definition) is 1. The molecule has 0 saturated carbocycles. The first-order valence-corrected chi connectivity index (χ1v) is 7.76. The molecule has 0 aliphatic carbocycles. The van der Waals surface area contributed by atoms with E-state index in [0.717, 1.165) is 24.4 Å². The summed E-state index contributed by atoms with van der Waals surface area (Å²) in [6.07, 6.45) is 0.0843. The second-order valence-electron chi connectivity index (χ2n) is 3.84. The minimum atomic E-state index is -0.496. The van der Waals surface area contributed by atoms with Crippen LogP contribution in [0.1, 0.15) is 16.5 Å². The Morgan fingerprint density at radius 1 is 1.33 bits per heavy atom. The number of hydrogen-bond acceptors (Lipinski definition) is 3. The fourth-order valence-corrected chi connectivity index (χ4v) is 3.73. The Hall–Kier alpha value is -0.360. The zero-order chi connectivity index (χ0) is 13.1. The molecule has 0 amide bonds. The van der Waals surface area contributed by atoms with Gasteiger partial charge in [0.15, 0.2) is 0 Å². The predicted molar refractivity (Wildman–Crippen MR) is 81.4 cm³/mol. The van der Waals surface area contributed by atoms with Gasteiger partial charge in [0.05, 0.1) is 17.0 Å². The van der Waals surface area contributed by atoms with Gasteiger partial charge in [0.25, 0.3) is 0 Å². The van der Waals surface area contributed by atoms with Crippen molar-refractivity contribution in [3.05, 3.63) is 49.0 Å². The molecule has 0 fully saturated rings. The Kier molecular flexibility index (Phi) is 4.84. The van der Waals surface area contributed by atoms with E-state index in [1.165, 1.54) is 0 Å². The number of ether oxygens (including phenoxy) is 1. The van der Waals surface area contributed by atoms with E-state index in [1.54, 1.807) is 18.4 Å². The third kappa shape index (κ3) is 3.35. The lowest BCUT2D eigenvalue weighted by Gasteiger charge is -2.09. The lowest BCUT2D eigenvalue weighted by atomic mass is 10.1. The minimum Gasteiger partial charge on any atom is -0.497 e. The fourth-order valence-electron chi connectivity index (χ4n) is 1.65. The summed E-state index contributed by atoms with van der Waals surface area (Å²) in [5.74, 6) is 0.813. The van der Waals surface area contributed by atoms with Gasteiger partial charge in [-0.25, -0.2) is 0 Å². The van der Waals surface area contributed by atoms with Crippen LogP contribution in [-0.4, -0.2) is 12.2 Å². The summed E-state index contributed by atoms with van der Waals surface area (Å²) in [7, 11) is 1.64. The summed E-state index contributed by atoms with van der Waals surface area (Å²) in [5.41, 5.74) is 1.06. The first-order chi connectivity index (χ1) is 8.60. The van der Waals surface area contributed by atoms with Crippen LogP contribution in [0.5, 0.6) is 5.75 Å². The van der Waals surface area contributed by atoms with E-state index in [2.05, 4.69) is 31.9 Å². The van der Waals surface area contributed by atoms with E-state index >= 15 is 0 Å². The van der Waals surface area contributed by atoms with E-state index in [4.69, 9.17) is 4.74 Å². The predicted octanol–water partition coefficient (Wildman–Crippen LogP) is 4.56. The molecule has 96 valence electrons. The highest BCUT2D eigenvalue weighted by atomic mass is 79.9. The second-order valence-corrected chi connectivity index (χ2v) is 7.10.